The fraction of sp³-hybridized carbons (Fsp3) is 0.538. The summed E-state index contributed by atoms with van der Waals surface area (Å²) in [4.78, 5) is 0. The van der Waals surface area contributed by atoms with Crippen molar-refractivity contribution in [2.45, 2.75) is 43.8 Å². The summed E-state index contributed by atoms with van der Waals surface area (Å²) in [6.07, 6.45) is 0.980. The summed E-state index contributed by atoms with van der Waals surface area (Å²) < 4.78 is 38.5. The molecule has 0 nitrogen and oxygen atoms in total. The van der Waals surface area contributed by atoms with Crippen LogP contribution in [0.15, 0.2) is 18.2 Å². The smallest absolute Gasteiger partial charge is 0.449 e. The van der Waals surface area contributed by atoms with Crippen molar-refractivity contribution in [1.82, 2.24) is 0 Å². The summed E-state index contributed by atoms with van der Waals surface area (Å²) in [5.74, 6) is 0. The first-order valence-corrected chi connectivity index (χ1v) is 6.05. The van der Waals surface area contributed by atoms with Crippen molar-refractivity contribution in [3.8, 4) is 0 Å². The predicted molar refractivity (Wildman–Crippen MR) is 63.2 cm³/mol. The first-order valence-electron chi connectivity index (χ1n) is 6.05. The maximum absolute atomic E-state index is 12.8. The summed E-state index contributed by atoms with van der Waals surface area (Å²) in [5, 5.41) is -1.28. The molecular weight excluding hydrogens is 263 g/mol. The molecule has 3 aliphatic rings. The van der Waals surface area contributed by atoms with E-state index in [4.69, 9.17) is 0 Å². The van der Waals surface area contributed by atoms with Crippen LogP contribution >= 0.6 is 0 Å². The van der Waals surface area contributed by atoms with E-state index < -0.39 is 12.3 Å². The molecule has 1 aromatic rings. The second-order valence-electron chi connectivity index (χ2n) is 6.07. The van der Waals surface area contributed by atoms with Gasteiger partial charge in [-0.25, -0.2) is 0 Å². The average molecular weight is 278 g/mol. The van der Waals surface area contributed by atoms with Gasteiger partial charge in [0, 0.05) is 0 Å². The first-order chi connectivity index (χ1) is 7.78. The van der Waals surface area contributed by atoms with Gasteiger partial charge >= 0.3 is 58.4 Å². The van der Waals surface area contributed by atoms with Crippen LogP contribution in [0.2, 0.25) is 5.31 Å². The van der Waals surface area contributed by atoms with Gasteiger partial charge in [0.25, 0.3) is 0 Å². The average Bonchev–Trinajstić information content (AvgIpc) is 2.01. The summed E-state index contributed by atoms with van der Waals surface area (Å²) in [6, 6.07) is 6.10. The minimum Gasteiger partial charge on any atom is -0.449 e. The Labute approximate surface area is 148 Å². The van der Waals surface area contributed by atoms with Crippen LogP contribution in [0, 0.1) is 13.8 Å². The number of benzene rings is 1. The third-order valence-corrected chi connectivity index (χ3v) is 4.72. The van der Waals surface area contributed by atoms with Crippen LogP contribution in [0.3, 0.4) is 0 Å². The van der Waals surface area contributed by atoms with Gasteiger partial charge in [-0.2, -0.15) is 0 Å². The van der Waals surface area contributed by atoms with Crippen LogP contribution in [0.25, 0.3) is 0 Å². The Morgan fingerprint density at radius 2 is 1.61 bits per heavy atom. The van der Waals surface area contributed by atoms with Crippen molar-refractivity contribution < 1.29 is 64.3 Å². The Morgan fingerprint density at radius 1 is 1.06 bits per heavy atom. The molecule has 0 unspecified atom stereocenters. The molecule has 0 spiro atoms. The van der Waals surface area contributed by atoms with E-state index in [2.05, 4.69) is 6.07 Å². The fourth-order valence-corrected chi connectivity index (χ4v) is 3.91. The predicted octanol–water partition coefficient (Wildman–Crippen LogP) is 1.33. The maximum atomic E-state index is 12.8. The van der Waals surface area contributed by atoms with Crippen molar-refractivity contribution >= 4 is 6.98 Å². The second-order valence-corrected chi connectivity index (χ2v) is 6.07. The molecule has 3 fully saturated rings. The molecule has 4 rings (SSSR count). The van der Waals surface area contributed by atoms with Crippen LogP contribution in [0.1, 0.15) is 36.0 Å². The van der Waals surface area contributed by atoms with E-state index in [1.54, 1.807) is 0 Å². The van der Waals surface area contributed by atoms with Crippen molar-refractivity contribution in [2.75, 3.05) is 0 Å². The molecule has 3 aliphatic carbocycles. The first kappa shape index (κ1) is 15.1. The molecule has 18 heavy (non-hydrogen) atoms. The zero-order valence-corrected chi connectivity index (χ0v) is 14.2. The van der Waals surface area contributed by atoms with Crippen molar-refractivity contribution in [1.29, 1.82) is 0 Å². The Kier molecular flexibility index (Phi) is 3.65. The van der Waals surface area contributed by atoms with E-state index in [9.17, 15) is 12.9 Å². The molecule has 0 amide bonds. The number of aryl methyl sites for hydroxylation is 2. The van der Waals surface area contributed by atoms with Crippen molar-refractivity contribution in [2.24, 2.45) is 0 Å². The van der Waals surface area contributed by atoms with Crippen LogP contribution in [0.4, 0.5) is 12.9 Å². The molecule has 0 aromatic heterocycles. The SMILES string of the molecule is Cc1ccc(C23CC([B-](F)(F)F)(C2)C3)c(C)c1.[K+]. The molecule has 0 atom stereocenters. The Balaban J connectivity index is 0.00000120. The molecular formula is C13H15BF3K. The van der Waals surface area contributed by atoms with Crippen LogP contribution in [-0.4, -0.2) is 6.98 Å². The molecule has 0 heterocycles. The van der Waals surface area contributed by atoms with E-state index in [1.807, 2.05) is 26.0 Å². The van der Waals surface area contributed by atoms with Gasteiger partial charge in [-0.1, -0.05) is 48.3 Å². The third-order valence-electron chi connectivity index (χ3n) is 4.72. The molecule has 0 saturated heterocycles. The van der Waals surface area contributed by atoms with E-state index in [-0.39, 0.29) is 56.8 Å². The zero-order chi connectivity index (χ0) is 12.5. The van der Waals surface area contributed by atoms with Gasteiger partial charge in [0.1, 0.15) is 0 Å². The third kappa shape index (κ3) is 1.89. The standard InChI is InChI=1S/C13H15BF3.K/c1-9-3-4-11(10(2)5-9)12-6-13(7-12,8-12)14(15,16)17;/h3-5H,6-8H2,1-2H3;/q-1;+1. The fourth-order valence-electron chi connectivity index (χ4n) is 3.91. The van der Waals surface area contributed by atoms with Gasteiger partial charge in [0.2, 0.25) is 0 Å². The summed E-state index contributed by atoms with van der Waals surface area (Å²) in [5.41, 5.74) is 3.32. The molecule has 5 heteroatoms. The Hall–Kier alpha value is 0.711. The minimum atomic E-state index is -4.65. The monoisotopic (exact) mass is 278 g/mol. The largest absolute Gasteiger partial charge is 1.00 e. The van der Waals surface area contributed by atoms with E-state index in [1.165, 1.54) is 5.56 Å². The van der Waals surface area contributed by atoms with Crippen molar-refractivity contribution in [3.63, 3.8) is 0 Å². The quantitative estimate of drug-likeness (QED) is 0.716. The Bertz CT molecular complexity index is 476. The Morgan fingerprint density at radius 3 is 2.06 bits per heavy atom. The van der Waals surface area contributed by atoms with Gasteiger partial charge in [-0.3, -0.25) is 0 Å². The van der Waals surface area contributed by atoms with Gasteiger partial charge in [0.15, 0.2) is 0 Å². The minimum absolute atomic E-state index is 0. The molecule has 0 radical (unpaired) electrons. The molecule has 1 aromatic carbocycles. The van der Waals surface area contributed by atoms with Gasteiger partial charge < -0.3 is 12.9 Å². The number of hydrogen-bond donors (Lipinski definition) is 0. The number of rotatable bonds is 2. The molecule has 92 valence electrons. The summed E-state index contributed by atoms with van der Waals surface area (Å²) in [7, 11) is 0. The topological polar surface area (TPSA) is 0 Å². The van der Waals surface area contributed by atoms with Gasteiger partial charge in [-0.05, 0) is 30.4 Å². The number of hydrogen-bond acceptors (Lipinski definition) is 0. The summed E-state index contributed by atoms with van der Waals surface area (Å²) >= 11 is 0. The maximum Gasteiger partial charge on any atom is 1.00 e. The second kappa shape index (κ2) is 4.35. The van der Waals surface area contributed by atoms with Gasteiger partial charge in [0.05, 0.1) is 0 Å². The van der Waals surface area contributed by atoms with E-state index in [0.29, 0.717) is 19.3 Å². The van der Waals surface area contributed by atoms with Crippen LogP contribution in [-0.2, 0) is 5.41 Å². The molecule has 0 N–H and O–H groups in total. The van der Waals surface area contributed by atoms with Crippen LogP contribution < -0.4 is 51.4 Å². The number of halogens is 3. The normalized spacial score (nSPS) is 33.2. The zero-order valence-electron chi connectivity index (χ0n) is 11.1. The van der Waals surface area contributed by atoms with Crippen molar-refractivity contribution in [3.05, 3.63) is 34.9 Å². The molecule has 0 aliphatic heterocycles. The van der Waals surface area contributed by atoms with Gasteiger partial charge in [-0.15, -0.1) is 0 Å². The van der Waals surface area contributed by atoms with Crippen LogP contribution in [0.5, 0.6) is 0 Å². The van der Waals surface area contributed by atoms with E-state index in [0.717, 1.165) is 11.1 Å². The summed E-state index contributed by atoms with van der Waals surface area (Å²) in [6.45, 7) is -0.631. The molecule has 3 saturated carbocycles. The van der Waals surface area contributed by atoms with E-state index >= 15 is 0 Å². The molecule has 2 bridgehead atoms.